The predicted octanol–water partition coefficient (Wildman–Crippen LogP) is 3.17. The number of nitrogens with zero attached hydrogens (tertiary/aromatic N) is 1. The molecule has 1 N–H and O–H groups in total. The summed E-state index contributed by atoms with van der Waals surface area (Å²) < 4.78 is 5.40. The number of nitrogens with one attached hydrogen (secondary N) is 1. The van der Waals surface area contributed by atoms with Gasteiger partial charge in [0, 0.05) is 13.1 Å². The van der Waals surface area contributed by atoms with Crippen molar-refractivity contribution in [3.05, 3.63) is 28.8 Å². The second-order valence-corrected chi connectivity index (χ2v) is 7.26. The average Bonchev–Trinajstić information content (AvgIpc) is 2.95. The Balaban J connectivity index is 1.87. The number of hydrogen-bond acceptors (Lipinski definition) is 3. The summed E-state index contributed by atoms with van der Waals surface area (Å²) in [5.41, 5.74) is 0.277. The van der Waals surface area contributed by atoms with Crippen LogP contribution in [0.1, 0.15) is 32.8 Å². The number of likely N-dealkylation sites (tertiary alicyclic amines) is 1. The smallest absolute Gasteiger partial charge is 0.410 e. The van der Waals surface area contributed by atoms with Crippen LogP contribution in [0.5, 0.6) is 0 Å². The highest BCUT2D eigenvalue weighted by atomic mass is 35.5. The monoisotopic (exact) mass is 322 g/mol. The molecule has 22 heavy (non-hydrogen) atoms. The second-order valence-electron chi connectivity index (χ2n) is 6.85. The lowest BCUT2D eigenvalue weighted by Crippen LogP contribution is -2.41. The minimum atomic E-state index is -0.711. The maximum absolute atomic E-state index is 12.5. The van der Waals surface area contributed by atoms with Crippen LogP contribution in [0.15, 0.2) is 18.2 Å². The molecule has 3 rings (SSSR count). The number of anilines is 1. The van der Waals surface area contributed by atoms with E-state index < -0.39 is 11.0 Å². The number of para-hydroxylation sites is 1. The first-order chi connectivity index (χ1) is 10.2. The van der Waals surface area contributed by atoms with Crippen LogP contribution < -0.4 is 5.32 Å². The fourth-order valence-electron chi connectivity index (χ4n) is 3.10. The molecule has 1 spiro atoms. The van der Waals surface area contributed by atoms with Crippen molar-refractivity contribution < 1.29 is 14.3 Å². The molecule has 5 nitrogen and oxygen atoms in total. The van der Waals surface area contributed by atoms with Crippen molar-refractivity contribution in [2.75, 3.05) is 18.4 Å². The fraction of sp³-hybridized carbons (Fsp3) is 0.500. The van der Waals surface area contributed by atoms with Gasteiger partial charge in [-0.1, -0.05) is 23.7 Å². The number of carbonyl (C=O) groups excluding carboxylic acids is 2. The predicted molar refractivity (Wildman–Crippen MR) is 84.2 cm³/mol. The van der Waals surface area contributed by atoms with Gasteiger partial charge in [0.05, 0.1) is 16.1 Å². The standard InChI is InChI=1S/C16H19ClN2O3/c1-15(2,3)22-14(21)19-8-7-16(9-19)10-5-4-6-11(17)12(10)18-13(16)20/h4-6H,7-9H2,1-3H3,(H,18,20). The van der Waals surface area contributed by atoms with E-state index in [0.717, 1.165) is 5.56 Å². The van der Waals surface area contributed by atoms with Crippen molar-refractivity contribution in [3.8, 4) is 0 Å². The number of benzene rings is 1. The SMILES string of the molecule is CC(C)(C)OC(=O)N1CCC2(C1)C(=O)Nc1c(Cl)cccc12. The van der Waals surface area contributed by atoms with E-state index in [9.17, 15) is 9.59 Å². The number of amides is 2. The molecule has 2 aliphatic heterocycles. The van der Waals surface area contributed by atoms with E-state index in [-0.39, 0.29) is 12.0 Å². The zero-order valence-corrected chi connectivity index (χ0v) is 13.7. The third-order valence-electron chi connectivity index (χ3n) is 4.12. The van der Waals surface area contributed by atoms with Crippen LogP contribution in [-0.4, -0.2) is 35.6 Å². The van der Waals surface area contributed by atoms with E-state index >= 15 is 0 Å². The lowest BCUT2D eigenvalue weighted by molar-refractivity contribution is -0.120. The van der Waals surface area contributed by atoms with E-state index in [2.05, 4.69) is 5.32 Å². The summed E-state index contributed by atoms with van der Waals surface area (Å²) in [6, 6.07) is 5.48. The third-order valence-corrected chi connectivity index (χ3v) is 4.44. The number of hydrogen-bond donors (Lipinski definition) is 1. The summed E-state index contributed by atoms with van der Waals surface area (Å²) in [4.78, 5) is 26.3. The molecule has 1 aromatic rings. The number of halogens is 1. The van der Waals surface area contributed by atoms with Crippen LogP contribution in [-0.2, 0) is 14.9 Å². The molecular weight excluding hydrogens is 304 g/mol. The first-order valence-electron chi connectivity index (χ1n) is 7.31. The van der Waals surface area contributed by atoms with Gasteiger partial charge in [0.15, 0.2) is 0 Å². The van der Waals surface area contributed by atoms with Crippen LogP contribution >= 0.6 is 11.6 Å². The summed E-state index contributed by atoms with van der Waals surface area (Å²) in [6.45, 7) is 6.30. The van der Waals surface area contributed by atoms with E-state index in [1.807, 2.05) is 32.9 Å². The highest BCUT2D eigenvalue weighted by molar-refractivity contribution is 6.34. The van der Waals surface area contributed by atoms with Gasteiger partial charge >= 0.3 is 6.09 Å². The Bertz CT molecular complexity index is 653. The molecule has 0 aliphatic carbocycles. The highest BCUT2D eigenvalue weighted by Gasteiger charge is 2.53. The molecule has 1 aromatic carbocycles. The summed E-state index contributed by atoms with van der Waals surface area (Å²) in [5.74, 6) is -0.0957. The fourth-order valence-corrected chi connectivity index (χ4v) is 3.32. The number of rotatable bonds is 0. The van der Waals surface area contributed by atoms with Gasteiger partial charge in [-0.3, -0.25) is 4.79 Å². The Morgan fingerprint density at radius 3 is 2.82 bits per heavy atom. The lowest BCUT2D eigenvalue weighted by atomic mass is 9.81. The molecule has 2 amide bonds. The van der Waals surface area contributed by atoms with E-state index in [1.54, 1.807) is 11.0 Å². The Kier molecular flexibility index (Phi) is 3.36. The summed E-state index contributed by atoms with van der Waals surface area (Å²) in [5, 5.41) is 3.38. The quantitative estimate of drug-likeness (QED) is 0.798. The van der Waals surface area contributed by atoms with Gasteiger partial charge < -0.3 is 15.0 Å². The summed E-state index contributed by atoms with van der Waals surface area (Å²) in [7, 11) is 0. The first kappa shape index (κ1) is 15.2. The molecular formula is C16H19ClN2O3. The van der Waals surface area contributed by atoms with E-state index in [0.29, 0.717) is 30.2 Å². The molecule has 0 bridgehead atoms. The van der Waals surface area contributed by atoms with Gasteiger partial charge in [0.25, 0.3) is 0 Å². The topological polar surface area (TPSA) is 58.6 Å². The molecule has 1 atom stereocenters. The van der Waals surface area contributed by atoms with Crippen molar-refractivity contribution in [2.45, 2.75) is 38.2 Å². The zero-order valence-electron chi connectivity index (χ0n) is 12.9. The van der Waals surface area contributed by atoms with Crippen molar-refractivity contribution >= 4 is 29.3 Å². The molecule has 1 saturated heterocycles. The minimum absolute atomic E-state index is 0.0957. The largest absolute Gasteiger partial charge is 0.444 e. The number of fused-ring (bicyclic) bond motifs is 2. The molecule has 118 valence electrons. The van der Waals surface area contributed by atoms with Crippen LogP contribution in [0, 0.1) is 0 Å². The number of ether oxygens (including phenoxy) is 1. The molecule has 1 fully saturated rings. The Morgan fingerprint density at radius 1 is 1.41 bits per heavy atom. The van der Waals surface area contributed by atoms with Crippen molar-refractivity contribution in [3.63, 3.8) is 0 Å². The van der Waals surface area contributed by atoms with Crippen LogP contribution in [0.3, 0.4) is 0 Å². The molecule has 0 radical (unpaired) electrons. The Morgan fingerprint density at radius 2 is 2.14 bits per heavy atom. The van der Waals surface area contributed by atoms with E-state index in [4.69, 9.17) is 16.3 Å². The zero-order chi connectivity index (χ0) is 16.1. The minimum Gasteiger partial charge on any atom is -0.444 e. The first-order valence-corrected chi connectivity index (χ1v) is 7.69. The van der Waals surface area contributed by atoms with Gasteiger partial charge in [-0.15, -0.1) is 0 Å². The van der Waals surface area contributed by atoms with Crippen molar-refractivity contribution in [1.82, 2.24) is 4.90 Å². The van der Waals surface area contributed by atoms with Crippen LogP contribution in [0.2, 0.25) is 5.02 Å². The highest BCUT2D eigenvalue weighted by Crippen LogP contribution is 2.46. The lowest BCUT2D eigenvalue weighted by Gasteiger charge is -2.26. The van der Waals surface area contributed by atoms with Gasteiger partial charge in [-0.05, 0) is 38.8 Å². The maximum atomic E-state index is 12.5. The third kappa shape index (κ3) is 2.33. The molecule has 2 aliphatic rings. The van der Waals surface area contributed by atoms with Crippen LogP contribution in [0.4, 0.5) is 10.5 Å². The molecule has 6 heteroatoms. The summed E-state index contributed by atoms with van der Waals surface area (Å²) >= 11 is 6.16. The molecule has 1 unspecified atom stereocenters. The van der Waals surface area contributed by atoms with Gasteiger partial charge in [-0.25, -0.2) is 4.79 Å². The van der Waals surface area contributed by atoms with Crippen LogP contribution in [0.25, 0.3) is 0 Å². The van der Waals surface area contributed by atoms with Gasteiger partial charge in [0.2, 0.25) is 5.91 Å². The second kappa shape index (κ2) is 4.88. The molecule has 0 saturated carbocycles. The van der Waals surface area contributed by atoms with Gasteiger partial charge in [0.1, 0.15) is 5.60 Å². The van der Waals surface area contributed by atoms with E-state index in [1.165, 1.54) is 0 Å². The van der Waals surface area contributed by atoms with Crippen molar-refractivity contribution in [2.24, 2.45) is 0 Å². The molecule has 2 heterocycles. The summed E-state index contributed by atoms with van der Waals surface area (Å²) in [6.07, 6.45) is 0.193. The Hall–Kier alpha value is -1.75. The Labute approximate surface area is 134 Å². The molecule has 0 aromatic heterocycles. The maximum Gasteiger partial charge on any atom is 0.410 e. The number of carbonyl (C=O) groups is 2. The van der Waals surface area contributed by atoms with Gasteiger partial charge in [-0.2, -0.15) is 0 Å². The van der Waals surface area contributed by atoms with Crippen molar-refractivity contribution in [1.29, 1.82) is 0 Å². The average molecular weight is 323 g/mol. The normalized spacial score (nSPS) is 23.6.